The second kappa shape index (κ2) is 22.6. The summed E-state index contributed by atoms with van der Waals surface area (Å²) in [5, 5.41) is 31.3. The van der Waals surface area contributed by atoms with Gasteiger partial charge >= 0.3 is 5.97 Å². The number of nitrogens with one attached hydrogen (secondary N) is 1. The van der Waals surface area contributed by atoms with Crippen molar-refractivity contribution in [1.29, 1.82) is 0 Å². The highest BCUT2D eigenvalue weighted by atomic mass is 32.2. The van der Waals surface area contributed by atoms with Gasteiger partial charge in [-0.15, -0.1) is 0 Å². The number of fused-ring (bicyclic) bond motifs is 1. The number of unbranched alkanes of at least 4 members (excludes halogenated alkanes) is 12. The van der Waals surface area contributed by atoms with E-state index in [4.69, 9.17) is 5.11 Å². The van der Waals surface area contributed by atoms with Gasteiger partial charge in [-0.2, -0.15) is 0 Å². The van der Waals surface area contributed by atoms with Gasteiger partial charge in [-0.1, -0.05) is 102 Å². The first-order valence-electron chi connectivity index (χ1n) is 17.1. The first kappa shape index (κ1) is 43.1. The van der Waals surface area contributed by atoms with Crippen LogP contribution in [0.15, 0.2) is 59.3 Å². The summed E-state index contributed by atoms with van der Waals surface area (Å²) in [7, 11) is 2.84. The zero-order chi connectivity index (χ0) is 36.9. The Bertz CT molecular complexity index is 1440. The Hall–Kier alpha value is -3.97. The van der Waals surface area contributed by atoms with E-state index in [-0.39, 0.29) is 34.9 Å². The lowest BCUT2D eigenvalue weighted by Crippen LogP contribution is -2.39. The molecule has 0 bridgehead atoms. The van der Waals surface area contributed by atoms with Gasteiger partial charge in [0.2, 0.25) is 0 Å². The van der Waals surface area contributed by atoms with Crippen molar-refractivity contribution < 1.29 is 42.6 Å². The van der Waals surface area contributed by atoms with Crippen molar-refractivity contribution in [1.82, 2.24) is 9.29 Å². The molecule has 12 nitrogen and oxygen atoms in total. The van der Waals surface area contributed by atoms with Crippen LogP contribution in [0, 0.1) is 0 Å². The number of carbonyl (C=O) groups is 3. The first-order valence-corrected chi connectivity index (χ1v) is 18.5. The fourth-order valence-electron chi connectivity index (χ4n) is 4.99. The molecule has 0 radical (unpaired) electrons. The quantitative estimate of drug-likeness (QED) is 0.132. The summed E-state index contributed by atoms with van der Waals surface area (Å²) in [5.74, 6) is -2.56. The first-order chi connectivity index (χ1) is 23.1. The topological polar surface area (TPSA) is 177 Å². The van der Waals surface area contributed by atoms with E-state index in [0.29, 0.717) is 4.48 Å². The fraction of sp³-hybridized carbons (Fsp3) is 0.556. The average Bonchev–Trinajstić information content (AvgIpc) is 3.02. The molecule has 2 heterocycles. The van der Waals surface area contributed by atoms with Gasteiger partial charge < -0.3 is 29.9 Å². The molecule has 0 unspecified atom stereocenters. The molecule has 49 heavy (non-hydrogen) atoms. The van der Waals surface area contributed by atoms with Crippen LogP contribution in [0.25, 0.3) is 5.76 Å². The number of likely N-dealkylation sites (N-methyl/N-ethyl adjacent to an activating group) is 2. The number of quaternary nitrogens is 1. The second-order valence-electron chi connectivity index (χ2n) is 13.0. The van der Waals surface area contributed by atoms with Gasteiger partial charge in [-0.3, -0.25) is 9.10 Å². The van der Waals surface area contributed by atoms with Crippen LogP contribution in [0.4, 0.5) is 5.82 Å². The number of aliphatic hydroxyl groups is 1. The summed E-state index contributed by atoms with van der Waals surface area (Å²) in [6.45, 7) is 2.44. The molecule has 1 amide bonds. The Morgan fingerprint density at radius 3 is 1.80 bits per heavy atom. The number of hydrogen-bond donors (Lipinski definition) is 3. The molecule has 0 fully saturated rings. The fourth-order valence-corrected chi connectivity index (χ4v) is 6.39. The van der Waals surface area contributed by atoms with Gasteiger partial charge in [-0.05, 0) is 37.1 Å². The molecule has 0 atom stereocenters. The number of carbonyl (C=O) groups excluding carboxylic acids is 2. The number of aliphatic hydroxyl groups excluding tert-OH is 1. The smallest absolute Gasteiger partial charge is 0.359 e. The number of aliphatic carboxylic acids is 2. The maximum atomic E-state index is 12.5. The third kappa shape index (κ3) is 17.3. The van der Waals surface area contributed by atoms with Crippen molar-refractivity contribution in [2.75, 3.05) is 40.1 Å². The van der Waals surface area contributed by atoms with Gasteiger partial charge in [0.25, 0.3) is 15.9 Å². The van der Waals surface area contributed by atoms with Crippen LogP contribution in [-0.2, 0) is 24.4 Å². The normalized spacial score (nSPS) is 13.3. The van der Waals surface area contributed by atoms with Gasteiger partial charge in [0.1, 0.15) is 5.82 Å². The summed E-state index contributed by atoms with van der Waals surface area (Å²) in [6.07, 6.45) is 18.4. The number of nitrogens with zero attached hydrogens (tertiary/aromatic N) is 3. The van der Waals surface area contributed by atoms with E-state index < -0.39 is 33.6 Å². The number of rotatable bonds is 18. The van der Waals surface area contributed by atoms with E-state index in [1.807, 2.05) is 21.1 Å². The van der Waals surface area contributed by atoms with Gasteiger partial charge in [0.15, 0.2) is 18.0 Å². The van der Waals surface area contributed by atoms with Crippen LogP contribution < -0.4 is 10.4 Å². The summed E-state index contributed by atoms with van der Waals surface area (Å²) in [4.78, 5) is 36.5. The molecule has 0 aliphatic carbocycles. The van der Waals surface area contributed by atoms with E-state index in [0.717, 1.165) is 17.1 Å². The van der Waals surface area contributed by atoms with Gasteiger partial charge in [-0.25, -0.2) is 18.2 Å². The Balaban J connectivity index is 0.000000412. The van der Waals surface area contributed by atoms with Crippen molar-refractivity contribution in [2.45, 2.75) is 102 Å². The highest BCUT2D eigenvalue weighted by Crippen LogP contribution is 2.34. The largest absolute Gasteiger partial charge is 0.550 e. The number of pyridine rings is 1. The van der Waals surface area contributed by atoms with Gasteiger partial charge in [0, 0.05) is 24.8 Å². The molecule has 2 aromatic rings. The van der Waals surface area contributed by atoms with Crippen molar-refractivity contribution in [3.05, 3.63) is 59.9 Å². The molecule has 0 saturated carbocycles. The van der Waals surface area contributed by atoms with E-state index in [9.17, 15) is 33.0 Å². The summed E-state index contributed by atoms with van der Waals surface area (Å²) < 4.78 is 26.3. The lowest BCUT2D eigenvalue weighted by molar-refractivity contribution is -0.862. The average molecular weight is 705 g/mol. The maximum absolute atomic E-state index is 12.5. The predicted octanol–water partition coefficient (Wildman–Crippen LogP) is 5.58. The summed E-state index contributed by atoms with van der Waals surface area (Å²) in [6, 6.07) is 10.9. The monoisotopic (exact) mass is 704 g/mol. The number of benzene rings is 1. The van der Waals surface area contributed by atoms with E-state index in [1.54, 1.807) is 30.3 Å². The van der Waals surface area contributed by atoms with Crippen LogP contribution in [0.1, 0.15) is 102 Å². The molecule has 1 aliphatic heterocycles. The molecule has 274 valence electrons. The standard InChI is InChI=1S/C16H32O2.C15H13N3O4S.C5H11NO2/c1-2-3-4-5-6-7-8-9-10-11-12-13-14-15-16(17)18;1-18-13(15(20)17-12-8-4-5-9-16-12)14(19)10-6-2-3-7-11(10)23(18,21)22;1-6(2,3)4-5(7)8/h2-15H2,1H3,(H,17,18);2-9,19H,1H3,(H,16,17,20);4H2,1-3H3. The van der Waals surface area contributed by atoms with Crippen LogP contribution in [0.5, 0.6) is 0 Å². The molecular weight excluding hydrogens is 648 g/mol. The van der Waals surface area contributed by atoms with E-state index in [1.165, 1.54) is 96.0 Å². The van der Waals surface area contributed by atoms with E-state index >= 15 is 0 Å². The Morgan fingerprint density at radius 2 is 1.35 bits per heavy atom. The highest BCUT2D eigenvalue weighted by molar-refractivity contribution is 7.89. The Morgan fingerprint density at radius 1 is 0.837 bits per heavy atom. The molecule has 13 heteroatoms. The number of carboxylic acid groups (broad SMARTS) is 2. The third-order valence-corrected chi connectivity index (χ3v) is 9.35. The minimum Gasteiger partial charge on any atom is -0.550 e. The SMILES string of the molecule is CCCCCCCCCCCCCCCC(=O)[O-].CN1C(C(=O)Nc2ccccn2)=C(O)c2ccccc2S1(=O)=O.C[N+](C)(C)CC(=O)O. The predicted molar refractivity (Wildman–Crippen MR) is 190 cm³/mol. The number of hydrogen-bond acceptors (Lipinski definition) is 8. The van der Waals surface area contributed by atoms with Crippen molar-refractivity contribution in [3.8, 4) is 0 Å². The Labute approximate surface area is 292 Å². The summed E-state index contributed by atoms with van der Waals surface area (Å²) in [5.41, 5.74) is -0.258. The molecule has 1 aromatic heterocycles. The number of sulfonamides is 1. The van der Waals surface area contributed by atoms with Crippen molar-refractivity contribution in [2.24, 2.45) is 0 Å². The van der Waals surface area contributed by atoms with Gasteiger partial charge in [0.05, 0.1) is 26.0 Å². The van der Waals surface area contributed by atoms with E-state index in [2.05, 4.69) is 17.2 Å². The summed E-state index contributed by atoms with van der Waals surface area (Å²) >= 11 is 0. The van der Waals surface area contributed by atoms with Crippen molar-refractivity contribution >= 4 is 39.4 Å². The minimum absolute atomic E-state index is 0.0469. The highest BCUT2D eigenvalue weighted by Gasteiger charge is 2.37. The molecule has 3 N–H and O–H groups in total. The molecule has 3 rings (SSSR count). The third-order valence-electron chi connectivity index (χ3n) is 7.54. The molecular formula is C36H56N4O8S. The van der Waals surface area contributed by atoms with Crippen molar-refractivity contribution in [3.63, 3.8) is 0 Å². The zero-order valence-electron chi connectivity index (χ0n) is 29.8. The van der Waals surface area contributed by atoms with Crippen LogP contribution in [0.2, 0.25) is 0 Å². The molecule has 0 saturated heterocycles. The number of anilines is 1. The maximum Gasteiger partial charge on any atom is 0.359 e. The molecule has 1 aliphatic rings. The molecule has 1 aromatic carbocycles. The zero-order valence-corrected chi connectivity index (χ0v) is 30.6. The number of aromatic nitrogens is 1. The second-order valence-corrected chi connectivity index (χ2v) is 15.0. The Kier molecular flexibility index (Phi) is 19.9. The number of amides is 1. The lowest BCUT2D eigenvalue weighted by Gasteiger charge is -2.28. The molecule has 0 spiro atoms. The van der Waals surface area contributed by atoms with Crippen LogP contribution in [-0.4, -0.2) is 85.0 Å². The lowest BCUT2D eigenvalue weighted by atomic mass is 10.0. The number of carboxylic acids is 2. The minimum atomic E-state index is -3.91. The van der Waals surface area contributed by atoms with Crippen LogP contribution >= 0.6 is 0 Å². The van der Waals surface area contributed by atoms with Crippen LogP contribution in [0.3, 0.4) is 0 Å².